The predicted octanol–water partition coefficient (Wildman–Crippen LogP) is 3.02. The Labute approximate surface area is 108 Å². The van der Waals surface area contributed by atoms with Crippen molar-refractivity contribution in [3.05, 3.63) is 30.0 Å². The largest absolute Gasteiger partial charge is 0.311 e. The van der Waals surface area contributed by atoms with Gasteiger partial charge < -0.3 is 5.32 Å². The zero-order chi connectivity index (χ0) is 12.5. The summed E-state index contributed by atoms with van der Waals surface area (Å²) in [5.41, 5.74) is 2.45. The molecule has 1 fully saturated rings. The standard InChI is InChI=1S/C15H21N3/c1-16-14(11-7-3-4-8-11)15-12-9-5-6-10-13(12)18(2)17-15/h5-6,9-11,14,16H,3-4,7-8H2,1-2H3. The van der Waals surface area contributed by atoms with Crippen LogP contribution in [0.5, 0.6) is 0 Å². The number of hydrogen-bond donors (Lipinski definition) is 1. The fraction of sp³-hybridized carbons (Fsp3) is 0.533. The second kappa shape index (κ2) is 4.73. The fourth-order valence-electron chi connectivity index (χ4n) is 3.36. The second-order valence-electron chi connectivity index (χ2n) is 5.34. The van der Waals surface area contributed by atoms with E-state index in [4.69, 9.17) is 5.10 Å². The first-order chi connectivity index (χ1) is 8.81. The summed E-state index contributed by atoms with van der Waals surface area (Å²) in [5, 5.41) is 9.55. The maximum Gasteiger partial charge on any atom is 0.0875 e. The summed E-state index contributed by atoms with van der Waals surface area (Å²) in [5.74, 6) is 0.744. The van der Waals surface area contributed by atoms with Crippen molar-refractivity contribution in [2.45, 2.75) is 31.7 Å². The molecule has 1 heterocycles. The Morgan fingerprint density at radius 1 is 1.28 bits per heavy atom. The van der Waals surface area contributed by atoms with Crippen LogP contribution in [0.15, 0.2) is 24.3 Å². The quantitative estimate of drug-likeness (QED) is 0.898. The van der Waals surface area contributed by atoms with Crippen molar-refractivity contribution >= 4 is 10.9 Å². The summed E-state index contributed by atoms with van der Waals surface area (Å²) in [6.07, 6.45) is 5.40. The second-order valence-corrected chi connectivity index (χ2v) is 5.34. The highest BCUT2D eigenvalue weighted by molar-refractivity contribution is 5.82. The molecular weight excluding hydrogens is 222 g/mol. The van der Waals surface area contributed by atoms with E-state index in [9.17, 15) is 0 Å². The Morgan fingerprint density at radius 3 is 2.72 bits per heavy atom. The van der Waals surface area contributed by atoms with Gasteiger partial charge in [-0.05, 0) is 31.9 Å². The summed E-state index contributed by atoms with van der Waals surface area (Å²) in [6, 6.07) is 8.93. The van der Waals surface area contributed by atoms with Crippen molar-refractivity contribution in [2.75, 3.05) is 7.05 Å². The number of aryl methyl sites for hydroxylation is 1. The number of fused-ring (bicyclic) bond motifs is 1. The molecule has 0 radical (unpaired) electrons. The molecule has 0 amide bonds. The lowest BCUT2D eigenvalue weighted by molar-refractivity contribution is 0.382. The molecule has 1 atom stereocenters. The van der Waals surface area contributed by atoms with Crippen molar-refractivity contribution in [1.29, 1.82) is 0 Å². The zero-order valence-electron chi connectivity index (χ0n) is 11.2. The third kappa shape index (κ3) is 1.83. The van der Waals surface area contributed by atoms with Crippen LogP contribution >= 0.6 is 0 Å². The normalized spacial score (nSPS) is 18.6. The molecule has 3 nitrogen and oxygen atoms in total. The minimum Gasteiger partial charge on any atom is -0.311 e. The minimum absolute atomic E-state index is 0.401. The number of hydrogen-bond acceptors (Lipinski definition) is 2. The molecule has 1 aromatic heterocycles. The first-order valence-electron chi connectivity index (χ1n) is 6.90. The van der Waals surface area contributed by atoms with Gasteiger partial charge in [-0.1, -0.05) is 31.0 Å². The Morgan fingerprint density at radius 2 is 2.00 bits per heavy atom. The molecule has 0 spiro atoms. The van der Waals surface area contributed by atoms with E-state index in [-0.39, 0.29) is 0 Å². The molecule has 1 N–H and O–H groups in total. The molecule has 1 aliphatic rings. The highest BCUT2D eigenvalue weighted by Gasteiger charge is 2.28. The Hall–Kier alpha value is -1.35. The Balaban J connectivity index is 2.06. The predicted molar refractivity (Wildman–Crippen MR) is 74.5 cm³/mol. The SMILES string of the molecule is CNC(c1nn(C)c2ccccc12)C1CCCC1. The van der Waals surface area contributed by atoms with E-state index in [0.29, 0.717) is 6.04 Å². The van der Waals surface area contributed by atoms with Gasteiger partial charge >= 0.3 is 0 Å². The van der Waals surface area contributed by atoms with Gasteiger partial charge in [-0.15, -0.1) is 0 Å². The Kier molecular flexibility index (Phi) is 3.08. The van der Waals surface area contributed by atoms with Gasteiger partial charge in [-0.2, -0.15) is 5.10 Å². The summed E-state index contributed by atoms with van der Waals surface area (Å²) >= 11 is 0. The van der Waals surface area contributed by atoms with E-state index in [1.165, 1.54) is 42.3 Å². The van der Waals surface area contributed by atoms with Crippen LogP contribution in [0, 0.1) is 5.92 Å². The van der Waals surface area contributed by atoms with Gasteiger partial charge in [0, 0.05) is 12.4 Å². The van der Waals surface area contributed by atoms with Crippen LogP contribution in [0.4, 0.5) is 0 Å². The zero-order valence-corrected chi connectivity index (χ0v) is 11.2. The smallest absolute Gasteiger partial charge is 0.0875 e. The molecule has 0 bridgehead atoms. The fourth-order valence-corrected chi connectivity index (χ4v) is 3.36. The molecule has 18 heavy (non-hydrogen) atoms. The monoisotopic (exact) mass is 243 g/mol. The van der Waals surface area contributed by atoms with Gasteiger partial charge in [0.2, 0.25) is 0 Å². The number of rotatable bonds is 3. The van der Waals surface area contributed by atoms with Crippen LogP contribution < -0.4 is 5.32 Å². The maximum atomic E-state index is 4.76. The molecule has 1 aromatic carbocycles. The highest BCUT2D eigenvalue weighted by atomic mass is 15.3. The lowest BCUT2D eigenvalue weighted by Crippen LogP contribution is -2.24. The minimum atomic E-state index is 0.401. The van der Waals surface area contributed by atoms with Crippen molar-refractivity contribution < 1.29 is 0 Å². The third-order valence-corrected chi connectivity index (χ3v) is 4.26. The topological polar surface area (TPSA) is 29.9 Å². The number of para-hydroxylation sites is 1. The van der Waals surface area contributed by atoms with Gasteiger partial charge in [0.25, 0.3) is 0 Å². The van der Waals surface area contributed by atoms with Crippen LogP contribution in [0.3, 0.4) is 0 Å². The third-order valence-electron chi connectivity index (χ3n) is 4.26. The summed E-state index contributed by atoms with van der Waals surface area (Å²) < 4.78 is 2.00. The number of nitrogens with one attached hydrogen (secondary N) is 1. The van der Waals surface area contributed by atoms with Crippen LogP contribution in [-0.4, -0.2) is 16.8 Å². The average molecular weight is 243 g/mol. The van der Waals surface area contributed by atoms with E-state index in [1.54, 1.807) is 0 Å². The van der Waals surface area contributed by atoms with Crippen molar-refractivity contribution in [3.8, 4) is 0 Å². The number of nitrogens with zero attached hydrogens (tertiary/aromatic N) is 2. The first kappa shape index (κ1) is 11.7. The van der Waals surface area contributed by atoms with Crippen molar-refractivity contribution in [2.24, 2.45) is 13.0 Å². The molecule has 1 saturated carbocycles. The number of aromatic nitrogens is 2. The van der Waals surface area contributed by atoms with Gasteiger partial charge in [-0.3, -0.25) is 4.68 Å². The van der Waals surface area contributed by atoms with Crippen LogP contribution in [0.25, 0.3) is 10.9 Å². The molecule has 3 rings (SSSR count). The average Bonchev–Trinajstić information content (AvgIpc) is 3.01. The highest BCUT2D eigenvalue weighted by Crippen LogP contribution is 2.37. The molecule has 1 aliphatic carbocycles. The van der Waals surface area contributed by atoms with Crippen molar-refractivity contribution in [3.63, 3.8) is 0 Å². The summed E-state index contributed by atoms with van der Waals surface area (Å²) in [6.45, 7) is 0. The van der Waals surface area contributed by atoms with E-state index in [0.717, 1.165) is 5.92 Å². The lowest BCUT2D eigenvalue weighted by Gasteiger charge is -2.21. The van der Waals surface area contributed by atoms with Gasteiger partial charge in [0.15, 0.2) is 0 Å². The molecule has 96 valence electrons. The molecule has 0 aliphatic heterocycles. The molecule has 0 saturated heterocycles. The Bertz CT molecular complexity index is 538. The van der Waals surface area contributed by atoms with Crippen LogP contribution in [0.2, 0.25) is 0 Å². The molecular formula is C15H21N3. The van der Waals surface area contributed by atoms with Crippen LogP contribution in [0.1, 0.15) is 37.4 Å². The molecule has 2 aromatic rings. The lowest BCUT2D eigenvalue weighted by atomic mass is 9.94. The maximum absolute atomic E-state index is 4.76. The molecule has 1 unspecified atom stereocenters. The first-order valence-corrected chi connectivity index (χ1v) is 6.90. The number of benzene rings is 1. The summed E-state index contributed by atoms with van der Waals surface area (Å²) in [7, 11) is 4.10. The van der Waals surface area contributed by atoms with E-state index in [2.05, 4.69) is 36.6 Å². The van der Waals surface area contributed by atoms with Crippen molar-refractivity contribution in [1.82, 2.24) is 15.1 Å². The van der Waals surface area contributed by atoms with E-state index >= 15 is 0 Å². The van der Waals surface area contributed by atoms with Gasteiger partial charge in [0.1, 0.15) is 0 Å². The van der Waals surface area contributed by atoms with E-state index < -0.39 is 0 Å². The van der Waals surface area contributed by atoms with Gasteiger partial charge in [0.05, 0.1) is 17.3 Å². The van der Waals surface area contributed by atoms with Crippen LogP contribution in [-0.2, 0) is 7.05 Å². The summed E-state index contributed by atoms with van der Waals surface area (Å²) in [4.78, 5) is 0. The molecule has 3 heteroatoms. The van der Waals surface area contributed by atoms with Gasteiger partial charge in [-0.25, -0.2) is 0 Å². The van der Waals surface area contributed by atoms with E-state index in [1.807, 2.05) is 11.7 Å².